The molecular weight excluding hydrogens is 164 g/mol. The van der Waals surface area contributed by atoms with Gasteiger partial charge < -0.3 is 0 Å². The molecule has 1 rings (SSSR count). The Labute approximate surface area is 79.0 Å². The van der Waals surface area contributed by atoms with Gasteiger partial charge in [0.15, 0.2) is 5.78 Å². The largest absolute Gasteiger partial charge is 0.299 e. The van der Waals surface area contributed by atoms with E-state index in [2.05, 4.69) is 6.92 Å². The van der Waals surface area contributed by atoms with Crippen molar-refractivity contribution in [3.8, 4) is 0 Å². The Morgan fingerprint density at radius 3 is 2.15 bits per heavy atom. The molecule has 72 valence electrons. The molecule has 0 heterocycles. The highest BCUT2D eigenvalue weighted by molar-refractivity contribution is 5.89. The van der Waals surface area contributed by atoms with Crippen molar-refractivity contribution in [2.24, 2.45) is 17.3 Å². The number of allylic oxidation sites excluding steroid dienone is 2. The zero-order valence-electron chi connectivity index (χ0n) is 8.63. The van der Waals surface area contributed by atoms with Crippen LogP contribution in [0.25, 0.3) is 0 Å². The average Bonchev–Trinajstić information content (AvgIpc) is 2.53. The van der Waals surface area contributed by atoms with Crippen LogP contribution >= 0.6 is 0 Å². The highest BCUT2D eigenvalue weighted by Gasteiger charge is 2.60. The summed E-state index contributed by atoms with van der Waals surface area (Å²) in [5, 5.41) is 0. The minimum absolute atomic E-state index is 0.0463. The van der Waals surface area contributed by atoms with Crippen LogP contribution in [0.4, 0.5) is 0 Å². The first-order valence-corrected chi connectivity index (χ1v) is 4.60. The van der Waals surface area contributed by atoms with Gasteiger partial charge in [0, 0.05) is 5.41 Å². The maximum atomic E-state index is 11.3. The Hall–Kier alpha value is -0.920. The van der Waals surface area contributed by atoms with Crippen molar-refractivity contribution in [3.05, 3.63) is 12.2 Å². The predicted molar refractivity (Wildman–Crippen MR) is 51.3 cm³/mol. The monoisotopic (exact) mass is 180 g/mol. The van der Waals surface area contributed by atoms with Crippen LogP contribution in [0.15, 0.2) is 12.2 Å². The quantitative estimate of drug-likeness (QED) is 0.622. The fraction of sp³-hybridized carbons (Fsp3) is 0.636. The number of rotatable bonds is 3. The molecule has 1 aliphatic carbocycles. The number of carbonyl (C=O) groups excluding carboxylic acids is 2. The molecule has 1 saturated carbocycles. The molecule has 0 amide bonds. The number of hydrogen-bond acceptors (Lipinski definition) is 2. The predicted octanol–water partition coefficient (Wildman–Crippen LogP) is 1.99. The second-order valence-corrected chi connectivity index (χ2v) is 4.12. The summed E-state index contributed by atoms with van der Waals surface area (Å²) in [5.41, 5.74) is -0.216. The number of carbonyl (C=O) groups is 2. The lowest BCUT2D eigenvalue weighted by atomic mass is 10.0. The molecule has 2 nitrogen and oxygen atoms in total. The van der Waals surface area contributed by atoms with Crippen molar-refractivity contribution >= 4 is 11.6 Å². The summed E-state index contributed by atoms with van der Waals surface area (Å²) in [4.78, 5) is 22.0. The minimum atomic E-state index is -0.216. The third-order valence-electron chi connectivity index (χ3n) is 3.36. The van der Waals surface area contributed by atoms with Crippen molar-refractivity contribution in [2.45, 2.75) is 27.7 Å². The maximum Gasteiger partial charge on any atom is 0.152 e. The van der Waals surface area contributed by atoms with Crippen molar-refractivity contribution < 1.29 is 9.59 Å². The van der Waals surface area contributed by atoms with E-state index >= 15 is 0 Å². The minimum Gasteiger partial charge on any atom is -0.299 e. The van der Waals surface area contributed by atoms with Crippen LogP contribution in [-0.2, 0) is 9.59 Å². The summed E-state index contributed by atoms with van der Waals surface area (Å²) in [6.07, 6.45) is 3.43. The van der Waals surface area contributed by atoms with Gasteiger partial charge in [0.25, 0.3) is 0 Å². The lowest BCUT2D eigenvalue weighted by Crippen LogP contribution is -2.10. The van der Waals surface area contributed by atoms with Crippen LogP contribution in [-0.4, -0.2) is 11.6 Å². The topological polar surface area (TPSA) is 34.1 Å². The molecule has 0 radical (unpaired) electrons. The molecule has 0 N–H and O–H groups in total. The Morgan fingerprint density at radius 1 is 1.31 bits per heavy atom. The molecule has 0 aromatic heterocycles. The standard InChI is InChI=1S/C11H16O2/c1-7(12)5-6-10-8(2)11(10,4)9(3)13/h5-6,8,10H,1-4H3/b6-5+/t8-,10-,11+/m1/s1. The lowest BCUT2D eigenvalue weighted by Gasteiger charge is -2.02. The lowest BCUT2D eigenvalue weighted by molar-refractivity contribution is -0.122. The molecular formula is C11H16O2. The number of hydrogen-bond donors (Lipinski definition) is 0. The van der Waals surface area contributed by atoms with Gasteiger partial charge in [0.05, 0.1) is 0 Å². The van der Waals surface area contributed by atoms with E-state index in [9.17, 15) is 9.59 Å². The van der Waals surface area contributed by atoms with Crippen LogP contribution in [0.3, 0.4) is 0 Å². The van der Waals surface area contributed by atoms with E-state index in [0.717, 1.165) is 0 Å². The zero-order valence-corrected chi connectivity index (χ0v) is 8.63. The fourth-order valence-electron chi connectivity index (χ4n) is 1.93. The number of Topliss-reactive ketones (excluding diaryl/α,β-unsaturated/α-hetero) is 1. The molecule has 0 saturated heterocycles. The van der Waals surface area contributed by atoms with Gasteiger partial charge in [-0.3, -0.25) is 9.59 Å². The molecule has 3 atom stereocenters. The molecule has 1 fully saturated rings. The molecule has 2 heteroatoms. The third kappa shape index (κ3) is 1.58. The Balaban J connectivity index is 2.68. The van der Waals surface area contributed by atoms with Gasteiger partial charge >= 0.3 is 0 Å². The highest BCUT2D eigenvalue weighted by atomic mass is 16.1. The third-order valence-corrected chi connectivity index (χ3v) is 3.36. The van der Waals surface area contributed by atoms with E-state index < -0.39 is 0 Å². The summed E-state index contributed by atoms with van der Waals surface area (Å²) in [6.45, 7) is 7.17. The van der Waals surface area contributed by atoms with Gasteiger partial charge in [-0.15, -0.1) is 0 Å². The van der Waals surface area contributed by atoms with E-state index in [4.69, 9.17) is 0 Å². The van der Waals surface area contributed by atoms with E-state index in [0.29, 0.717) is 5.92 Å². The molecule has 0 aliphatic heterocycles. The van der Waals surface area contributed by atoms with Gasteiger partial charge in [-0.1, -0.05) is 19.9 Å². The van der Waals surface area contributed by atoms with Crippen molar-refractivity contribution in [1.82, 2.24) is 0 Å². The zero-order chi connectivity index (χ0) is 10.2. The van der Waals surface area contributed by atoms with Gasteiger partial charge in [0.1, 0.15) is 5.78 Å². The second kappa shape index (κ2) is 3.09. The molecule has 13 heavy (non-hydrogen) atoms. The van der Waals surface area contributed by atoms with Crippen molar-refractivity contribution in [3.63, 3.8) is 0 Å². The maximum absolute atomic E-state index is 11.3. The van der Waals surface area contributed by atoms with E-state index in [1.807, 2.05) is 13.0 Å². The summed E-state index contributed by atoms with van der Waals surface area (Å²) < 4.78 is 0. The first kappa shape index (κ1) is 10.2. The SMILES string of the molecule is CC(=O)/C=C/[C@@H]1[C@@H](C)[C@@]1(C)C(C)=O. The summed E-state index contributed by atoms with van der Waals surface area (Å²) in [5.74, 6) is 0.901. The van der Waals surface area contributed by atoms with Gasteiger partial charge in [0.2, 0.25) is 0 Å². The summed E-state index contributed by atoms with van der Waals surface area (Å²) >= 11 is 0. The average molecular weight is 180 g/mol. The highest BCUT2D eigenvalue weighted by Crippen LogP contribution is 2.59. The van der Waals surface area contributed by atoms with Crippen LogP contribution < -0.4 is 0 Å². The Morgan fingerprint density at radius 2 is 1.85 bits per heavy atom. The van der Waals surface area contributed by atoms with Crippen LogP contribution in [0, 0.1) is 17.3 Å². The van der Waals surface area contributed by atoms with Crippen LogP contribution in [0.2, 0.25) is 0 Å². The van der Waals surface area contributed by atoms with Gasteiger partial charge in [-0.05, 0) is 31.8 Å². The Bertz CT molecular complexity index is 278. The first-order valence-electron chi connectivity index (χ1n) is 4.60. The van der Waals surface area contributed by atoms with Gasteiger partial charge in [-0.2, -0.15) is 0 Å². The summed E-state index contributed by atoms with van der Waals surface area (Å²) in [6, 6.07) is 0. The van der Waals surface area contributed by atoms with Crippen molar-refractivity contribution in [1.29, 1.82) is 0 Å². The molecule has 0 spiro atoms. The smallest absolute Gasteiger partial charge is 0.152 e. The van der Waals surface area contributed by atoms with Crippen LogP contribution in [0.5, 0.6) is 0 Å². The van der Waals surface area contributed by atoms with Crippen molar-refractivity contribution in [2.75, 3.05) is 0 Å². The molecule has 0 unspecified atom stereocenters. The molecule has 0 bridgehead atoms. The van der Waals surface area contributed by atoms with Gasteiger partial charge in [-0.25, -0.2) is 0 Å². The first-order chi connectivity index (χ1) is 5.90. The normalized spacial score (nSPS) is 37.8. The molecule has 0 aromatic carbocycles. The number of ketones is 2. The fourth-order valence-corrected chi connectivity index (χ4v) is 1.93. The second-order valence-electron chi connectivity index (χ2n) is 4.12. The van der Waals surface area contributed by atoms with Crippen LogP contribution in [0.1, 0.15) is 27.7 Å². The summed E-state index contributed by atoms with van der Waals surface area (Å²) in [7, 11) is 0. The molecule has 0 aromatic rings. The van der Waals surface area contributed by atoms with E-state index in [-0.39, 0.29) is 22.9 Å². The molecule has 1 aliphatic rings. The Kier molecular flexibility index (Phi) is 2.42. The van der Waals surface area contributed by atoms with E-state index in [1.54, 1.807) is 13.0 Å². The van der Waals surface area contributed by atoms with E-state index in [1.165, 1.54) is 6.92 Å².